The maximum absolute atomic E-state index is 14.8. The molecule has 1 aliphatic heterocycles. The SMILES string of the molecule is CC1CCC(C)N(c2nccc(CNC(C)(C)C)c2F)C1. The van der Waals surface area contributed by atoms with E-state index in [2.05, 4.69) is 49.8 Å². The predicted molar refractivity (Wildman–Crippen MR) is 86.0 cm³/mol. The minimum absolute atomic E-state index is 0.0250. The molecule has 0 aliphatic carbocycles. The van der Waals surface area contributed by atoms with E-state index >= 15 is 0 Å². The predicted octanol–water partition coefficient (Wildman–Crippen LogP) is 3.73. The van der Waals surface area contributed by atoms with Crippen LogP contribution in [0.25, 0.3) is 0 Å². The summed E-state index contributed by atoms with van der Waals surface area (Å²) in [5.41, 5.74) is 0.670. The highest BCUT2D eigenvalue weighted by Crippen LogP contribution is 2.29. The number of anilines is 1. The molecule has 2 unspecified atom stereocenters. The van der Waals surface area contributed by atoms with Crippen LogP contribution in [0.15, 0.2) is 12.3 Å². The smallest absolute Gasteiger partial charge is 0.170 e. The average Bonchev–Trinajstić information content (AvgIpc) is 2.40. The molecule has 118 valence electrons. The molecule has 0 saturated carbocycles. The molecule has 1 N–H and O–H groups in total. The Morgan fingerprint density at radius 1 is 1.33 bits per heavy atom. The number of aromatic nitrogens is 1. The quantitative estimate of drug-likeness (QED) is 0.920. The Bertz CT molecular complexity index is 481. The van der Waals surface area contributed by atoms with Crippen LogP contribution in [0.5, 0.6) is 0 Å². The molecule has 1 aromatic rings. The zero-order valence-electron chi connectivity index (χ0n) is 13.9. The zero-order chi connectivity index (χ0) is 15.6. The molecule has 0 bridgehead atoms. The molecule has 2 heterocycles. The molecule has 2 rings (SSSR count). The van der Waals surface area contributed by atoms with Gasteiger partial charge in [-0.15, -0.1) is 0 Å². The van der Waals surface area contributed by atoms with Crippen molar-refractivity contribution in [2.45, 2.75) is 65.6 Å². The molecular weight excluding hydrogens is 265 g/mol. The summed E-state index contributed by atoms with van der Waals surface area (Å²) in [6, 6.07) is 2.13. The van der Waals surface area contributed by atoms with Gasteiger partial charge in [-0.2, -0.15) is 0 Å². The zero-order valence-corrected chi connectivity index (χ0v) is 13.9. The monoisotopic (exact) mass is 293 g/mol. The third-order valence-corrected chi connectivity index (χ3v) is 4.15. The van der Waals surface area contributed by atoms with Gasteiger partial charge in [0.15, 0.2) is 11.6 Å². The number of nitrogens with one attached hydrogen (secondary N) is 1. The van der Waals surface area contributed by atoms with E-state index in [1.54, 1.807) is 12.3 Å². The first kappa shape index (κ1) is 16.2. The summed E-state index contributed by atoms with van der Waals surface area (Å²) in [4.78, 5) is 6.44. The number of halogens is 1. The van der Waals surface area contributed by atoms with E-state index in [9.17, 15) is 4.39 Å². The lowest BCUT2D eigenvalue weighted by molar-refractivity contribution is 0.382. The number of nitrogens with zero attached hydrogens (tertiary/aromatic N) is 2. The summed E-state index contributed by atoms with van der Waals surface area (Å²) in [5, 5.41) is 3.34. The first-order valence-electron chi connectivity index (χ1n) is 7.93. The molecule has 0 spiro atoms. The van der Waals surface area contributed by atoms with Crippen LogP contribution in [0.3, 0.4) is 0 Å². The molecule has 1 saturated heterocycles. The molecule has 4 heteroatoms. The fourth-order valence-corrected chi connectivity index (χ4v) is 2.75. The second-order valence-corrected chi connectivity index (χ2v) is 7.40. The lowest BCUT2D eigenvalue weighted by Crippen LogP contribution is -2.42. The van der Waals surface area contributed by atoms with Crippen molar-refractivity contribution in [2.24, 2.45) is 5.92 Å². The molecule has 1 aromatic heterocycles. The fraction of sp³-hybridized carbons (Fsp3) is 0.706. The van der Waals surface area contributed by atoms with Crippen LogP contribution < -0.4 is 10.2 Å². The van der Waals surface area contributed by atoms with Gasteiger partial charge < -0.3 is 10.2 Å². The molecule has 0 amide bonds. The van der Waals surface area contributed by atoms with Crippen molar-refractivity contribution in [2.75, 3.05) is 11.4 Å². The number of pyridine rings is 1. The highest BCUT2D eigenvalue weighted by Gasteiger charge is 2.27. The van der Waals surface area contributed by atoms with Crippen molar-refractivity contribution in [1.29, 1.82) is 0 Å². The van der Waals surface area contributed by atoms with Gasteiger partial charge in [-0.05, 0) is 52.5 Å². The topological polar surface area (TPSA) is 28.2 Å². The van der Waals surface area contributed by atoms with E-state index in [0.717, 1.165) is 13.0 Å². The minimum Gasteiger partial charge on any atom is -0.351 e. The lowest BCUT2D eigenvalue weighted by atomic mass is 9.95. The van der Waals surface area contributed by atoms with E-state index in [1.165, 1.54) is 6.42 Å². The van der Waals surface area contributed by atoms with Gasteiger partial charge in [-0.25, -0.2) is 9.37 Å². The first-order valence-corrected chi connectivity index (χ1v) is 7.93. The normalized spacial score (nSPS) is 23.4. The van der Waals surface area contributed by atoms with Crippen LogP contribution in [0.2, 0.25) is 0 Å². The number of hydrogen-bond donors (Lipinski definition) is 1. The third kappa shape index (κ3) is 4.16. The number of rotatable bonds is 3. The first-order chi connectivity index (χ1) is 9.78. The minimum atomic E-state index is -0.171. The van der Waals surface area contributed by atoms with Crippen LogP contribution in [0.1, 0.15) is 53.0 Å². The molecule has 21 heavy (non-hydrogen) atoms. The van der Waals surface area contributed by atoms with E-state index in [-0.39, 0.29) is 11.4 Å². The molecule has 1 aliphatic rings. The van der Waals surface area contributed by atoms with Gasteiger partial charge in [0.1, 0.15) is 0 Å². The maximum atomic E-state index is 14.8. The van der Waals surface area contributed by atoms with Crippen molar-refractivity contribution in [1.82, 2.24) is 10.3 Å². The molecule has 1 fully saturated rings. The van der Waals surface area contributed by atoms with E-state index in [0.29, 0.717) is 29.9 Å². The Hall–Kier alpha value is -1.16. The maximum Gasteiger partial charge on any atom is 0.170 e. The van der Waals surface area contributed by atoms with Crippen LogP contribution >= 0.6 is 0 Å². The lowest BCUT2D eigenvalue weighted by Gasteiger charge is -2.38. The number of hydrogen-bond acceptors (Lipinski definition) is 3. The Kier molecular flexibility index (Phi) is 4.87. The fourth-order valence-electron chi connectivity index (χ4n) is 2.75. The van der Waals surface area contributed by atoms with Crippen LogP contribution in [-0.4, -0.2) is 23.1 Å². The Morgan fingerprint density at radius 3 is 2.71 bits per heavy atom. The summed E-state index contributed by atoms with van der Waals surface area (Å²) < 4.78 is 14.8. The largest absolute Gasteiger partial charge is 0.351 e. The Morgan fingerprint density at radius 2 is 2.05 bits per heavy atom. The highest BCUT2D eigenvalue weighted by atomic mass is 19.1. The van der Waals surface area contributed by atoms with Gasteiger partial charge >= 0.3 is 0 Å². The molecular formula is C17H28FN3. The summed E-state index contributed by atoms with van der Waals surface area (Å²) in [6.07, 6.45) is 4.04. The number of piperidine rings is 1. The van der Waals surface area contributed by atoms with Crippen molar-refractivity contribution in [3.63, 3.8) is 0 Å². The Balaban J connectivity index is 2.20. The Labute approximate surface area is 127 Å². The van der Waals surface area contributed by atoms with Gasteiger partial charge in [0, 0.05) is 36.4 Å². The summed E-state index contributed by atoms with van der Waals surface area (Å²) >= 11 is 0. The van der Waals surface area contributed by atoms with Crippen LogP contribution in [-0.2, 0) is 6.54 Å². The van der Waals surface area contributed by atoms with E-state index < -0.39 is 0 Å². The second kappa shape index (κ2) is 6.30. The molecule has 0 aromatic carbocycles. The van der Waals surface area contributed by atoms with Crippen LogP contribution in [0.4, 0.5) is 10.2 Å². The standard InChI is InChI=1S/C17H28FN3/c1-12-6-7-13(2)21(11-12)16-15(18)14(8-9-19-16)10-20-17(3,4)5/h8-9,12-13,20H,6-7,10-11H2,1-5H3. The molecule has 2 atom stereocenters. The summed E-state index contributed by atoms with van der Waals surface area (Å²) in [5.74, 6) is 0.941. The van der Waals surface area contributed by atoms with Crippen molar-refractivity contribution < 1.29 is 4.39 Å². The van der Waals surface area contributed by atoms with Crippen LogP contribution in [0, 0.1) is 11.7 Å². The summed E-state index contributed by atoms with van der Waals surface area (Å²) in [6.45, 7) is 12.1. The van der Waals surface area contributed by atoms with Gasteiger partial charge in [-0.3, -0.25) is 0 Å². The second-order valence-electron chi connectivity index (χ2n) is 7.40. The van der Waals surface area contributed by atoms with E-state index in [1.807, 2.05) is 0 Å². The van der Waals surface area contributed by atoms with Crippen molar-refractivity contribution >= 4 is 5.82 Å². The summed E-state index contributed by atoms with van der Waals surface area (Å²) in [7, 11) is 0. The van der Waals surface area contributed by atoms with Gasteiger partial charge in [0.2, 0.25) is 0 Å². The van der Waals surface area contributed by atoms with Crippen molar-refractivity contribution in [3.05, 3.63) is 23.6 Å². The van der Waals surface area contributed by atoms with E-state index in [4.69, 9.17) is 0 Å². The van der Waals surface area contributed by atoms with Crippen molar-refractivity contribution in [3.8, 4) is 0 Å². The average molecular weight is 293 g/mol. The molecule has 0 radical (unpaired) electrons. The third-order valence-electron chi connectivity index (χ3n) is 4.15. The molecule has 3 nitrogen and oxygen atoms in total. The van der Waals surface area contributed by atoms with Gasteiger partial charge in [0.25, 0.3) is 0 Å². The highest BCUT2D eigenvalue weighted by molar-refractivity contribution is 5.44. The van der Waals surface area contributed by atoms with Gasteiger partial charge in [0.05, 0.1) is 0 Å². The van der Waals surface area contributed by atoms with Gasteiger partial charge in [-0.1, -0.05) is 6.92 Å².